The number of nitrogens with one attached hydrogen (secondary N) is 2. The number of aromatic nitrogens is 2. The molecule has 0 fully saturated rings. The molecule has 0 unspecified atom stereocenters. The van der Waals surface area contributed by atoms with Crippen molar-refractivity contribution in [1.82, 2.24) is 9.97 Å². The number of carboxylic acid groups (broad SMARTS) is 2. The first-order valence-electron chi connectivity index (χ1n) is 2.77. The maximum Gasteiger partial charge on any atom is 0.175 e. The Bertz CT molecular complexity index is 356. The van der Waals surface area contributed by atoms with Gasteiger partial charge in [0.15, 0.2) is 4.77 Å². The van der Waals surface area contributed by atoms with Crippen molar-refractivity contribution in [3.05, 3.63) is 16.2 Å². The molecule has 64 valence electrons. The fourth-order valence-electron chi connectivity index (χ4n) is 0.689. The minimum Gasteiger partial charge on any atom is -0.543 e. The van der Waals surface area contributed by atoms with Gasteiger partial charge in [-0.1, -0.05) is 0 Å². The fraction of sp³-hybridized carbons (Fsp3) is 0. The molecule has 0 aliphatic rings. The smallest absolute Gasteiger partial charge is 0.175 e. The highest BCUT2D eigenvalue weighted by Gasteiger charge is 2.06. The number of carbonyl (C=O) groups excluding carboxylic acids is 2. The van der Waals surface area contributed by atoms with Crippen LogP contribution in [0.4, 0.5) is 0 Å². The molecular weight excluding hydrogens is 184 g/mol. The fourth-order valence-corrected chi connectivity index (χ4v) is 0.894. The number of rotatable bonds is 2. The van der Waals surface area contributed by atoms with Gasteiger partial charge in [-0.05, 0) is 12.2 Å². The highest BCUT2D eigenvalue weighted by Crippen LogP contribution is 2.00. The summed E-state index contributed by atoms with van der Waals surface area (Å²) in [5.41, 5.74) is -1.22. The Labute approximate surface area is 70.9 Å². The second kappa shape index (κ2) is 2.78. The summed E-state index contributed by atoms with van der Waals surface area (Å²) in [7, 11) is 0. The maximum absolute atomic E-state index is 10.2. The Kier molecular flexibility index (Phi) is 1.96. The van der Waals surface area contributed by atoms with E-state index in [0.717, 1.165) is 0 Å². The van der Waals surface area contributed by atoms with Crippen molar-refractivity contribution < 1.29 is 19.8 Å². The van der Waals surface area contributed by atoms with Gasteiger partial charge in [-0.15, -0.1) is 0 Å². The van der Waals surface area contributed by atoms with E-state index in [-0.39, 0.29) is 4.77 Å². The average molecular weight is 186 g/mol. The van der Waals surface area contributed by atoms with Gasteiger partial charge in [0.2, 0.25) is 0 Å². The Morgan fingerprint density at radius 2 is 1.42 bits per heavy atom. The van der Waals surface area contributed by atoms with Gasteiger partial charge in [0.25, 0.3) is 0 Å². The number of hydrogen-bond acceptors (Lipinski definition) is 5. The van der Waals surface area contributed by atoms with Crippen LogP contribution in [0.15, 0.2) is 0 Å². The molecule has 0 spiro atoms. The van der Waals surface area contributed by atoms with Crippen LogP contribution in [0.5, 0.6) is 0 Å². The lowest BCUT2D eigenvalue weighted by Gasteiger charge is -2.02. The lowest BCUT2D eigenvalue weighted by molar-refractivity contribution is -0.260. The average Bonchev–Trinajstić information content (AvgIpc) is 2.31. The molecule has 0 aromatic carbocycles. The van der Waals surface area contributed by atoms with Gasteiger partial charge < -0.3 is 29.8 Å². The molecule has 1 rings (SSSR count). The number of carbonyl (C=O) groups is 2. The summed E-state index contributed by atoms with van der Waals surface area (Å²) in [6.07, 6.45) is 0. The largest absolute Gasteiger partial charge is 0.543 e. The molecule has 0 amide bonds. The first kappa shape index (κ1) is 8.47. The Morgan fingerprint density at radius 3 is 1.67 bits per heavy atom. The predicted molar refractivity (Wildman–Crippen MR) is 34.6 cm³/mol. The van der Waals surface area contributed by atoms with E-state index in [0.29, 0.717) is 0 Å². The van der Waals surface area contributed by atoms with E-state index >= 15 is 0 Å². The van der Waals surface area contributed by atoms with E-state index in [1.165, 1.54) is 0 Å². The van der Waals surface area contributed by atoms with Crippen LogP contribution in [0.1, 0.15) is 21.0 Å². The molecule has 0 aliphatic heterocycles. The number of aromatic amines is 2. The van der Waals surface area contributed by atoms with E-state index in [2.05, 4.69) is 22.2 Å². The Hall–Kier alpha value is -1.63. The lowest BCUT2D eigenvalue weighted by atomic mass is 10.3. The minimum absolute atomic E-state index is 0.103. The van der Waals surface area contributed by atoms with Gasteiger partial charge in [0.1, 0.15) is 0 Å². The summed E-state index contributed by atoms with van der Waals surface area (Å²) in [5.74, 6) is -3.30. The molecule has 1 aromatic heterocycles. The van der Waals surface area contributed by atoms with Crippen molar-refractivity contribution in [3.63, 3.8) is 0 Å². The number of aromatic carboxylic acids is 2. The van der Waals surface area contributed by atoms with E-state index in [4.69, 9.17) is 0 Å². The van der Waals surface area contributed by atoms with Crippen LogP contribution in [-0.2, 0) is 0 Å². The normalized spacial score (nSPS) is 9.67. The first-order valence-corrected chi connectivity index (χ1v) is 3.18. The quantitative estimate of drug-likeness (QED) is 0.509. The zero-order chi connectivity index (χ0) is 9.30. The topological polar surface area (TPSA) is 112 Å². The van der Waals surface area contributed by atoms with E-state index in [1.54, 1.807) is 0 Å². The molecule has 1 heterocycles. The molecular formula is C5H2N2O4S-2. The third-order valence-electron chi connectivity index (χ3n) is 1.14. The van der Waals surface area contributed by atoms with Gasteiger partial charge in [-0.2, -0.15) is 0 Å². The van der Waals surface area contributed by atoms with Crippen molar-refractivity contribution in [2.45, 2.75) is 0 Å². The number of H-pyrrole nitrogens is 2. The van der Waals surface area contributed by atoms with E-state index in [9.17, 15) is 19.8 Å². The van der Waals surface area contributed by atoms with Crippen LogP contribution >= 0.6 is 12.2 Å². The highest BCUT2D eigenvalue weighted by molar-refractivity contribution is 7.71. The van der Waals surface area contributed by atoms with Crippen LogP contribution in [0.3, 0.4) is 0 Å². The number of hydrogen-bond donors (Lipinski definition) is 2. The summed E-state index contributed by atoms with van der Waals surface area (Å²) in [6, 6.07) is 0. The summed E-state index contributed by atoms with van der Waals surface area (Å²) >= 11 is 4.47. The molecule has 0 bridgehead atoms. The van der Waals surface area contributed by atoms with Gasteiger partial charge in [0.05, 0.1) is 23.3 Å². The summed E-state index contributed by atoms with van der Waals surface area (Å²) in [5, 5.41) is 20.5. The van der Waals surface area contributed by atoms with Crippen LogP contribution in [0, 0.1) is 4.77 Å². The molecule has 0 radical (unpaired) electrons. The van der Waals surface area contributed by atoms with E-state index < -0.39 is 23.3 Å². The SMILES string of the molecule is O=C([O-])c1[nH]c(=S)[nH]c1C(=O)[O-]. The van der Waals surface area contributed by atoms with Crippen molar-refractivity contribution in [1.29, 1.82) is 0 Å². The van der Waals surface area contributed by atoms with Crippen molar-refractivity contribution >= 4 is 24.2 Å². The molecule has 0 saturated carbocycles. The standard InChI is InChI=1S/C5H4N2O4S/c8-3(9)1-2(4(10)11)7-5(12)6-1/h(H,8,9)(H,10,11)(H2,6,7,12)/p-2. The molecule has 6 nitrogen and oxygen atoms in total. The van der Waals surface area contributed by atoms with Crippen LogP contribution in [0.2, 0.25) is 0 Å². The third kappa shape index (κ3) is 1.35. The van der Waals surface area contributed by atoms with Gasteiger partial charge in [-0.3, -0.25) is 0 Å². The predicted octanol–water partition coefficient (Wildman–Crippen LogP) is -2.20. The van der Waals surface area contributed by atoms with Crippen LogP contribution < -0.4 is 10.2 Å². The summed E-state index contributed by atoms with van der Waals surface area (Å²) < 4.78 is -0.103. The zero-order valence-corrected chi connectivity index (χ0v) is 6.36. The highest BCUT2D eigenvalue weighted by atomic mass is 32.1. The number of carboxylic acids is 2. The second-order valence-electron chi connectivity index (χ2n) is 1.90. The van der Waals surface area contributed by atoms with Gasteiger partial charge >= 0.3 is 0 Å². The van der Waals surface area contributed by atoms with Crippen molar-refractivity contribution in [2.75, 3.05) is 0 Å². The van der Waals surface area contributed by atoms with Crippen LogP contribution in [-0.4, -0.2) is 21.9 Å². The molecule has 0 saturated heterocycles. The van der Waals surface area contributed by atoms with Gasteiger partial charge in [-0.25, -0.2) is 0 Å². The molecule has 0 atom stereocenters. The lowest BCUT2D eigenvalue weighted by Crippen LogP contribution is -2.30. The zero-order valence-electron chi connectivity index (χ0n) is 5.54. The Morgan fingerprint density at radius 1 is 1.08 bits per heavy atom. The molecule has 7 heteroatoms. The van der Waals surface area contributed by atoms with Crippen molar-refractivity contribution in [2.24, 2.45) is 0 Å². The van der Waals surface area contributed by atoms with Crippen LogP contribution in [0.25, 0.3) is 0 Å². The van der Waals surface area contributed by atoms with E-state index in [1.807, 2.05) is 0 Å². The maximum atomic E-state index is 10.2. The minimum atomic E-state index is -1.65. The Balaban J connectivity index is 3.36. The molecule has 2 N–H and O–H groups in total. The first-order chi connectivity index (χ1) is 5.52. The van der Waals surface area contributed by atoms with Crippen molar-refractivity contribution in [3.8, 4) is 0 Å². The number of imidazole rings is 1. The summed E-state index contributed by atoms with van der Waals surface area (Å²) in [4.78, 5) is 24.7. The second-order valence-corrected chi connectivity index (χ2v) is 2.31. The summed E-state index contributed by atoms with van der Waals surface area (Å²) in [6.45, 7) is 0. The molecule has 1 aromatic rings. The molecule has 12 heavy (non-hydrogen) atoms. The van der Waals surface area contributed by atoms with Gasteiger partial charge in [0, 0.05) is 0 Å². The monoisotopic (exact) mass is 186 g/mol. The third-order valence-corrected chi connectivity index (χ3v) is 1.34. The molecule has 0 aliphatic carbocycles.